The van der Waals surface area contributed by atoms with Gasteiger partial charge in [0, 0.05) is 29.7 Å². The summed E-state index contributed by atoms with van der Waals surface area (Å²) in [6, 6.07) is 7.56. The number of rotatable bonds is 3. The van der Waals surface area contributed by atoms with Crippen LogP contribution in [0.5, 0.6) is 11.5 Å². The summed E-state index contributed by atoms with van der Waals surface area (Å²) in [6.07, 6.45) is 0.481. The molecule has 1 aliphatic rings. The third-order valence-electron chi connectivity index (χ3n) is 3.61. The van der Waals surface area contributed by atoms with E-state index >= 15 is 0 Å². The number of fused-ring (bicyclic) bond motifs is 1. The molecule has 1 aliphatic heterocycles. The minimum Gasteiger partial charge on any atom is -0.497 e. The van der Waals surface area contributed by atoms with Gasteiger partial charge in [0.05, 0.1) is 7.11 Å². The van der Waals surface area contributed by atoms with E-state index < -0.39 is 11.6 Å². The largest absolute Gasteiger partial charge is 0.497 e. The second-order valence-corrected chi connectivity index (χ2v) is 4.94. The minimum absolute atomic E-state index is 0.150. The highest BCUT2D eigenvalue weighted by Gasteiger charge is 2.27. The van der Waals surface area contributed by atoms with Gasteiger partial charge in [0.25, 0.3) is 0 Å². The van der Waals surface area contributed by atoms with E-state index in [0.717, 1.165) is 11.6 Å². The van der Waals surface area contributed by atoms with Crippen molar-refractivity contribution in [1.82, 2.24) is 0 Å². The lowest BCUT2D eigenvalue weighted by molar-refractivity contribution is 0.242. The van der Waals surface area contributed by atoms with E-state index in [1.54, 1.807) is 6.07 Å². The van der Waals surface area contributed by atoms with E-state index in [2.05, 4.69) is 0 Å². The van der Waals surface area contributed by atoms with Gasteiger partial charge in [-0.1, -0.05) is 12.1 Å². The molecule has 1 atom stereocenters. The third kappa shape index (κ3) is 2.34. The Morgan fingerprint density at radius 3 is 2.81 bits per heavy atom. The molecule has 1 unspecified atom stereocenters. The second-order valence-electron chi connectivity index (χ2n) is 4.94. The summed E-state index contributed by atoms with van der Waals surface area (Å²) in [6.45, 7) is 0.363. The molecule has 2 aromatic carbocycles. The summed E-state index contributed by atoms with van der Waals surface area (Å²) in [5.74, 6) is -0.658. The zero-order chi connectivity index (χ0) is 15.0. The lowest BCUT2D eigenvalue weighted by Crippen LogP contribution is -2.24. The van der Waals surface area contributed by atoms with Crippen LogP contribution in [0.3, 0.4) is 0 Å². The average molecular weight is 291 g/mol. The van der Waals surface area contributed by atoms with E-state index in [1.807, 2.05) is 6.07 Å². The Bertz CT molecular complexity index is 688. The van der Waals surface area contributed by atoms with Crippen LogP contribution >= 0.6 is 0 Å². The number of hydrogen-bond donors (Lipinski definition) is 1. The Labute approximate surface area is 121 Å². The van der Waals surface area contributed by atoms with Crippen LogP contribution < -0.4 is 15.2 Å². The SMILES string of the molecule is COc1cc2c(c(-c3cccc(F)c3F)c1)OC(CN)C2. The Hall–Kier alpha value is -2.14. The first kappa shape index (κ1) is 13.8. The highest BCUT2D eigenvalue weighted by molar-refractivity contribution is 5.75. The van der Waals surface area contributed by atoms with Gasteiger partial charge in [0.2, 0.25) is 0 Å². The van der Waals surface area contributed by atoms with Crippen LogP contribution in [0.2, 0.25) is 0 Å². The number of halogens is 2. The monoisotopic (exact) mass is 291 g/mol. The second kappa shape index (κ2) is 5.33. The van der Waals surface area contributed by atoms with Crippen molar-refractivity contribution in [3.8, 4) is 22.6 Å². The molecule has 1 heterocycles. The van der Waals surface area contributed by atoms with E-state index in [0.29, 0.717) is 30.0 Å². The van der Waals surface area contributed by atoms with Gasteiger partial charge < -0.3 is 15.2 Å². The maximum atomic E-state index is 14.1. The predicted molar refractivity (Wildman–Crippen MR) is 75.5 cm³/mol. The predicted octanol–water partition coefficient (Wildman–Crippen LogP) is 2.90. The molecular weight excluding hydrogens is 276 g/mol. The molecule has 0 bridgehead atoms. The average Bonchev–Trinajstić information content (AvgIpc) is 2.92. The molecule has 0 amide bonds. The Morgan fingerprint density at radius 1 is 1.29 bits per heavy atom. The smallest absolute Gasteiger partial charge is 0.166 e. The van der Waals surface area contributed by atoms with Gasteiger partial charge in [-0.3, -0.25) is 0 Å². The minimum atomic E-state index is -0.896. The molecule has 0 radical (unpaired) electrons. The maximum absolute atomic E-state index is 14.1. The normalized spacial score (nSPS) is 16.5. The lowest BCUT2D eigenvalue weighted by atomic mass is 9.99. The van der Waals surface area contributed by atoms with Crippen LogP contribution in [-0.2, 0) is 6.42 Å². The molecule has 3 nitrogen and oxygen atoms in total. The van der Waals surface area contributed by atoms with Crippen molar-refractivity contribution >= 4 is 0 Å². The zero-order valence-corrected chi connectivity index (χ0v) is 11.5. The molecule has 3 rings (SSSR count). The summed E-state index contributed by atoms with van der Waals surface area (Å²) in [5, 5.41) is 0. The van der Waals surface area contributed by atoms with Gasteiger partial charge in [0.15, 0.2) is 11.6 Å². The molecule has 0 spiro atoms. The quantitative estimate of drug-likeness (QED) is 0.945. The van der Waals surface area contributed by atoms with Crippen LogP contribution in [-0.4, -0.2) is 19.8 Å². The molecule has 2 N–H and O–H groups in total. The summed E-state index contributed by atoms with van der Waals surface area (Å²) in [4.78, 5) is 0. The van der Waals surface area contributed by atoms with Gasteiger partial charge in [-0.05, 0) is 18.2 Å². The highest BCUT2D eigenvalue weighted by atomic mass is 19.2. The fourth-order valence-corrected chi connectivity index (χ4v) is 2.57. The molecule has 0 saturated carbocycles. The van der Waals surface area contributed by atoms with E-state index in [4.69, 9.17) is 15.2 Å². The van der Waals surface area contributed by atoms with Gasteiger partial charge in [0.1, 0.15) is 17.6 Å². The number of nitrogens with two attached hydrogens (primary N) is 1. The first-order chi connectivity index (χ1) is 10.1. The van der Waals surface area contributed by atoms with Gasteiger partial charge >= 0.3 is 0 Å². The van der Waals surface area contributed by atoms with E-state index in [-0.39, 0.29) is 11.7 Å². The Morgan fingerprint density at radius 2 is 2.10 bits per heavy atom. The van der Waals surface area contributed by atoms with E-state index in [1.165, 1.54) is 19.2 Å². The van der Waals surface area contributed by atoms with Gasteiger partial charge in [-0.2, -0.15) is 0 Å². The Balaban J connectivity index is 2.19. The molecule has 21 heavy (non-hydrogen) atoms. The van der Waals surface area contributed by atoms with Crippen molar-refractivity contribution < 1.29 is 18.3 Å². The lowest BCUT2D eigenvalue weighted by Gasteiger charge is -2.13. The maximum Gasteiger partial charge on any atom is 0.166 e. The number of hydrogen-bond acceptors (Lipinski definition) is 3. The third-order valence-corrected chi connectivity index (χ3v) is 3.61. The topological polar surface area (TPSA) is 44.5 Å². The summed E-state index contributed by atoms with van der Waals surface area (Å²) in [7, 11) is 1.53. The standard InChI is InChI=1S/C16H15F2NO2/c1-20-10-5-9-6-11(8-19)21-16(9)13(7-10)12-3-2-4-14(17)15(12)18/h2-5,7,11H,6,8,19H2,1H3. The molecule has 2 aromatic rings. The molecule has 0 fully saturated rings. The zero-order valence-electron chi connectivity index (χ0n) is 11.5. The van der Waals surface area contributed by atoms with Crippen LogP contribution in [0, 0.1) is 11.6 Å². The van der Waals surface area contributed by atoms with Gasteiger partial charge in [-0.15, -0.1) is 0 Å². The first-order valence-corrected chi connectivity index (χ1v) is 6.66. The van der Waals surface area contributed by atoms with Gasteiger partial charge in [-0.25, -0.2) is 8.78 Å². The molecule has 5 heteroatoms. The van der Waals surface area contributed by atoms with E-state index in [9.17, 15) is 8.78 Å². The fraction of sp³-hybridized carbons (Fsp3) is 0.250. The number of methoxy groups -OCH3 is 1. The van der Waals surface area contributed by atoms with Crippen molar-refractivity contribution in [3.05, 3.63) is 47.5 Å². The molecule has 0 saturated heterocycles. The van der Waals surface area contributed by atoms with Crippen molar-refractivity contribution in [1.29, 1.82) is 0 Å². The number of benzene rings is 2. The van der Waals surface area contributed by atoms with Crippen molar-refractivity contribution in [2.45, 2.75) is 12.5 Å². The molecular formula is C16H15F2NO2. The summed E-state index contributed by atoms with van der Waals surface area (Å²) < 4.78 is 38.6. The first-order valence-electron chi connectivity index (χ1n) is 6.66. The van der Waals surface area contributed by atoms with Crippen molar-refractivity contribution in [2.24, 2.45) is 5.73 Å². The Kier molecular flexibility index (Phi) is 3.51. The summed E-state index contributed by atoms with van der Waals surface area (Å²) >= 11 is 0. The van der Waals surface area contributed by atoms with Crippen LogP contribution in [0.4, 0.5) is 8.78 Å². The number of ether oxygens (including phenoxy) is 2. The van der Waals surface area contributed by atoms with Crippen LogP contribution in [0.15, 0.2) is 30.3 Å². The molecule has 110 valence electrons. The molecule has 0 aromatic heterocycles. The highest BCUT2D eigenvalue weighted by Crippen LogP contribution is 2.42. The summed E-state index contributed by atoms with van der Waals surface area (Å²) in [5.41, 5.74) is 7.17. The fourth-order valence-electron chi connectivity index (χ4n) is 2.57. The van der Waals surface area contributed by atoms with Crippen molar-refractivity contribution in [3.63, 3.8) is 0 Å². The van der Waals surface area contributed by atoms with Crippen LogP contribution in [0.25, 0.3) is 11.1 Å². The van der Waals surface area contributed by atoms with Crippen LogP contribution in [0.1, 0.15) is 5.56 Å². The molecule has 0 aliphatic carbocycles. The van der Waals surface area contributed by atoms with Crippen molar-refractivity contribution in [2.75, 3.05) is 13.7 Å².